The maximum atomic E-state index is 13.9. The number of nitrogens with zero attached hydrogens (tertiary/aromatic N) is 4. The first-order chi connectivity index (χ1) is 17.1. The number of carboxylic acids is 1. The lowest BCUT2D eigenvalue weighted by Crippen LogP contribution is -2.47. The molecule has 0 saturated heterocycles. The second-order valence-corrected chi connectivity index (χ2v) is 11.4. The van der Waals surface area contributed by atoms with Crippen molar-refractivity contribution in [3.63, 3.8) is 0 Å². The van der Waals surface area contributed by atoms with Gasteiger partial charge in [-0.1, -0.05) is 12.1 Å². The summed E-state index contributed by atoms with van der Waals surface area (Å²) in [6, 6.07) is 3.71. The van der Waals surface area contributed by atoms with Crippen LogP contribution in [0.5, 0.6) is 0 Å². The van der Waals surface area contributed by atoms with E-state index in [4.69, 9.17) is 10.5 Å². The molecule has 0 saturated carbocycles. The van der Waals surface area contributed by atoms with Crippen molar-refractivity contribution in [2.75, 3.05) is 12.1 Å². The molecule has 0 aliphatic rings. The molecule has 2 aromatic heterocycles. The van der Waals surface area contributed by atoms with E-state index in [2.05, 4.69) is 25.1 Å². The summed E-state index contributed by atoms with van der Waals surface area (Å²) in [5.41, 5.74) is 4.75. The summed E-state index contributed by atoms with van der Waals surface area (Å²) in [4.78, 5) is 23.9. The quantitative estimate of drug-likeness (QED) is 0.262. The third-order valence-electron chi connectivity index (χ3n) is 5.56. The van der Waals surface area contributed by atoms with Gasteiger partial charge in [0.25, 0.3) is 0 Å². The summed E-state index contributed by atoms with van der Waals surface area (Å²) in [6.45, 7) is 6.29. The lowest BCUT2D eigenvalue weighted by atomic mass is 10.1. The fourth-order valence-corrected chi connectivity index (χ4v) is 5.98. The first-order valence-electron chi connectivity index (χ1n) is 11.2. The van der Waals surface area contributed by atoms with Crippen molar-refractivity contribution in [2.45, 2.75) is 58.1 Å². The molecule has 0 radical (unpaired) electrons. The molecule has 0 fully saturated rings. The summed E-state index contributed by atoms with van der Waals surface area (Å²) in [5.74, 6) is -1.02. The van der Waals surface area contributed by atoms with Crippen LogP contribution in [0.1, 0.15) is 44.9 Å². The van der Waals surface area contributed by atoms with Crippen LogP contribution in [-0.4, -0.2) is 48.6 Å². The number of alkyl halides is 3. The van der Waals surface area contributed by atoms with E-state index in [-0.39, 0.29) is 12.4 Å². The third-order valence-corrected chi connectivity index (χ3v) is 7.80. The van der Waals surface area contributed by atoms with E-state index in [0.29, 0.717) is 16.7 Å². The number of ether oxygens (including phenoxy) is 1. The normalized spacial score (nSPS) is 15.9. The number of aliphatic carboxylic acids is 1. The van der Waals surface area contributed by atoms with Crippen LogP contribution >= 0.6 is 7.44 Å². The summed E-state index contributed by atoms with van der Waals surface area (Å²) in [5, 5.41) is 15.0. The minimum absolute atomic E-state index is 0.225. The predicted octanol–water partition coefficient (Wildman–Crippen LogP) is 3.79. The molecule has 0 spiro atoms. The van der Waals surface area contributed by atoms with Crippen molar-refractivity contribution in [1.82, 2.24) is 29.7 Å². The standard InChI is InChI=1S/C22H29F3N7O4P/c1-13(9-32-11-29-17-18(26)27-10-28-19(17)32)36-12-37(35,31-21(3,4)20(33)34)30-14(2)15-5-7-16(8-6-15)22(23,24)25/h5-8,10-11,13-14H,9,12H2,1-4H3,(H,33,34)(H2,26,27,28)(H2,30,31,35)/t13-,14-,37?/m0/s1. The Morgan fingerprint density at radius 2 is 1.84 bits per heavy atom. The Hall–Kier alpha value is -3.06. The highest BCUT2D eigenvalue weighted by molar-refractivity contribution is 7.59. The molecule has 3 atom stereocenters. The van der Waals surface area contributed by atoms with Gasteiger partial charge in [-0.2, -0.15) is 13.2 Å². The van der Waals surface area contributed by atoms with Gasteiger partial charge in [-0.3, -0.25) is 9.36 Å². The van der Waals surface area contributed by atoms with Crippen LogP contribution in [-0.2, 0) is 26.8 Å². The zero-order chi connectivity index (χ0) is 27.6. The van der Waals surface area contributed by atoms with Crippen LogP contribution in [0.2, 0.25) is 0 Å². The Balaban J connectivity index is 1.75. The van der Waals surface area contributed by atoms with E-state index in [1.165, 1.54) is 38.6 Å². The maximum absolute atomic E-state index is 13.9. The lowest BCUT2D eigenvalue weighted by Gasteiger charge is -2.32. The van der Waals surface area contributed by atoms with Crippen molar-refractivity contribution in [3.8, 4) is 0 Å². The van der Waals surface area contributed by atoms with Gasteiger partial charge < -0.3 is 20.1 Å². The number of benzene rings is 1. The zero-order valence-electron chi connectivity index (χ0n) is 20.7. The van der Waals surface area contributed by atoms with Crippen LogP contribution in [0.3, 0.4) is 0 Å². The zero-order valence-corrected chi connectivity index (χ0v) is 21.5. The fraction of sp³-hybridized carbons (Fsp3) is 0.455. The van der Waals surface area contributed by atoms with Gasteiger partial charge in [-0.15, -0.1) is 0 Å². The minimum Gasteiger partial charge on any atom is -0.480 e. The van der Waals surface area contributed by atoms with Gasteiger partial charge in [0.05, 0.1) is 24.5 Å². The molecule has 1 unspecified atom stereocenters. The molecule has 3 aromatic rings. The average Bonchev–Trinajstić information content (AvgIpc) is 3.21. The number of fused-ring (bicyclic) bond motifs is 1. The second kappa shape index (κ2) is 10.7. The molecule has 15 heteroatoms. The fourth-order valence-electron chi connectivity index (χ4n) is 3.54. The van der Waals surface area contributed by atoms with Crippen LogP contribution in [0.15, 0.2) is 36.9 Å². The lowest BCUT2D eigenvalue weighted by molar-refractivity contribution is -0.142. The number of nitrogen functional groups attached to an aromatic ring is 1. The molecule has 0 aliphatic heterocycles. The highest BCUT2D eigenvalue weighted by Gasteiger charge is 2.37. The molecule has 11 nitrogen and oxygen atoms in total. The Morgan fingerprint density at radius 1 is 1.19 bits per heavy atom. The van der Waals surface area contributed by atoms with Crippen molar-refractivity contribution >= 4 is 30.4 Å². The number of nitrogens with one attached hydrogen (secondary N) is 2. The number of hydrogen-bond donors (Lipinski definition) is 4. The second-order valence-electron chi connectivity index (χ2n) is 9.19. The molecule has 202 valence electrons. The number of aromatic nitrogens is 4. The molecule has 0 amide bonds. The van der Waals surface area contributed by atoms with Gasteiger partial charge in [-0.05, 0) is 45.4 Å². The van der Waals surface area contributed by atoms with E-state index in [1.807, 2.05) is 0 Å². The van der Waals surface area contributed by atoms with Crippen LogP contribution in [0, 0.1) is 0 Å². The first-order valence-corrected chi connectivity index (χ1v) is 13.1. The molecular formula is C22H29F3N7O4P. The Kier molecular flexibility index (Phi) is 8.27. The molecule has 5 N–H and O–H groups in total. The smallest absolute Gasteiger partial charge is 0.416 e. The first kappa shape index (κ1) is 28.5. The van der Waals surface area contributed by atoms with Crippen molar-refractivity contribution in [1.29, 1.82) is 0 Å². The SMILES string of the molecule is C[C@H](NP(=O)(CO[C@@H](C)Cn1cnc2c(N)ncnc21)NC(C)(C)C(=O)O)c1ccc(C(F)(F)F)cc1. The molecule has 2 heterocycles. The summed E-state index contributed by atoms with van der Waals surface area (Å²) >= 11 is 0. The number of hydrogen-bond acceptors (Lipinski definition) is 7. The molecular weight excluding hydrogens is 514 g/mol. The molecule has 3 rings (SSSR count). The van der Waals surface area contributed by atoms with Crippen molar-refractivity contribution < 1.29 is 32.4 Å². The summed E-state index contributed by atoms with van der Waals surface area (Å²) < 4.78 is 60.1. The average molecular weight is 543 g/mol. The molecule has 1 aromatic carbocycles. The molecule has 37 heavy (non-hydrogen) atoms. The molecule has 0 bridgehead atoms. The number of rotatable bonds is 11. The number of imidazole rings is 1. The summed E-state index contributed by atoms with van der Waals surface area (Å²) in [6.07, 6.45) is -2.58. The maximum Gasteiger partial charge on any atom is 0.416 e. The van der Waals surface area contributed by atoms with Gasteiger partial charge in [0.15, 0.2) is 11.5 Å². The Bertz CT molecular complexity index is 1300. The van der Waals surface area contributed by atoms with Gasteiger partial charge in [0.1, 0.15) is 23.7 Å². The van der Waals surface area contributed by atoms with Crippen LogP contribution in [0.25, 0.3) is 11.2 Å². The van der Waals surface area contributed by atoms with Gasteiger partial charge in [0, 0.05) is 6.04 Å². The largest absolute Gasteiger partial charge is 0.480 e. The number of nitrogens with two attached hydrogens (primary N) is 1. The topological polar surface area (TPSA) is 157 Å². The monoisotopic (exact) mass is 543 g/mol. The minimum atomic E-state index is -4.49. The van der Waals surface area contributed by atoms with E-state index in [1.54, 1.807) is 18.4 Å². The van der Waals surface area contributed by atoms with E-state index in [9.17, 15) is 27.6 Å². The predicted molar refractivity (Wildman–Crippen MR) is 131 cm³/mol. The van der Waals surface area contributed by atoms with E-state index < -0.39 is 49.2 Å². The highest BCUT2D eigenvalue weighted by atomic mass is 31.2. The van der Waals surface area contributed by atoms with Gasteiger partial charge in [0.2, 0.25) is 7.44 Å². The van der Waals surface area contributed by atoms with Gasteiger partial charge in [-0.25, -0.2) is 25.1 Å². The highest BCUT2D eigenvalue weighted by Crippen LogP contribution is 2.42. The number of halogens is 3. The Morgan fingerprint density at radius 3 is 2.43 bits per heavy atom. The van der Waals surface area contributed by atoms with Crippen molar-refractivity contribution in [3.05, 3.63) is 48.0 Å². The van der Waals surface area contributed by atoms with E-state index >= 15 is 0 Å². The number of carboxylic acid groups (broad SMARTS) is 1. The summed E-state index contributed by atoms with van der Waals surface area (Å²) in [7, 11) is -3.76. The number of carbonyl (C=O) groups is 1. The van der Waals surface area contributed by atoms with Crippen LogP contribution in [0.4, 0.5) is 19.0 Å². The van der Waals surface area contributed by atoms with Gasteiger partial charge >= 0.3 is 12.1 Å². The third kappa shape index (κ3) is 7.04. The van der Waals surface area contributed by atoms with Crippen molar-refractivity contribution in [2.24, 2.45) is 0 Å². The number of anilines is 1. The Labute approximate surface area is 211 Å². The molecule has 0 aliphatic carbocycles. The van der Waals surface area contributed by atoms with E-state index in [0.717, 1.165) is 12.1 Å². The van der Waals surface area contributed by atoms with Crippen LogP contribution < -0.4 is 15.9 Å².